The Kier molecular flexibility index (Phi) is 7.84. The number of hydrogen-bond acceptors (Lipinski definition) is 7. The van der Waals surface area contributed by atoms with Crippen LogP contribution in [-0.4, -0.2) is 50.8 Å². The third-order valence-electron chi connectivity index (χ3n) is 8.73. The molecule has 10 nitrogen and oxygen atoms in total. The molecule has 1 aromatic carbocycles. The maximum Gasteiger partial charge on any atom is 0.251 e. The van der Waals surface area contributed by atoms with Gasteiger partial charge in [-0.2, -0.15) is 5.10 Å². The lowest BCUT2D eigenvalue weighted by Gasteiger charge is -2.30. The molecule has 2 amide bonds. The summed E-state index contributed by atoms with van der Waals surface area (Å²) in [6, 6.07) is 11.2. The Labute approximate surface area is 270 Å². The van der Waals surface area contributed by atoms with Gasteiger partial charge in [-0.3, -0.25) is 9.59 Å². The second-order valence-corrected chi connectivity index (χ2v) is 12.9. The highest BCUT2D eigenvalue weighted by atomic mass is 35.5. The van der Waals surface area contributed by atoms with Gasteiger partial charge >= 0.3 is 0 Å². The second-order valence-electron chi connectivity index (χ2n) is 12.5. The maximum atomic E-state index is 14.1. The molecule has 3 aliphatic rings. The number of hydrogen-bond donors (Lipinski definition) is 3. The number of rotatable bonds is 13. The van der Waals surface area contributed by atoms with Gasteiger partial charge in [0.25, 0.3) is 5.91 Å². The summed E-state index contributed by atoms with van der Waals surface area (Å²) in [5.74, 6) is -0.538. The fraction of sp³-hybridized carbons (Fsp3) is 0.412. The normalized spacial score (nSPS) is 17.5. The lowest BCUT2D eigenvalue weighted by molar-refractivity contribution is -0.117. The molecule has 0 radical (unpaired) electrons. The zero-order valence-corrected chi connectivity index (χ0v) is 26.1. The molecule has 4 N–H and O–H groups in total. The third kappa shape index (κ3) is 6.13. The van der Waals surface area contributed by atoms with Crippen molar-refractivity contribution in [2.75, 3.05) is 13.2 Å². The van der Waals surface area contributed by atoms with E-state index in [0.717, 1.165) is 49.7 Å². The minimum absolute atomic E-state index is 0.112. The molecule has 1 atom stereocenters. The molecular weight excluding hydrogens is 613 g/mol. The molecule has 12 heteroatoms. The van der Waals surface area contributed by atoms with Gasteiger partial charge in [-0.1, -0.05) is 11.6 Å². The Hall–Kier alpha value is -4.22. The van der Waals surface area contributed by atoms with Crippen molar-refractivity contribution < 1.29 is 28.6 Å². The first kappa shape index (κ1) is 30.4. The topological polar surface area (TPSA) is 141 Å². The molecule has 3 aromatic heterocycles. The molecule has 0 aliphatic heterocycles. The van der Waals surface area contributed by atoms with E-state index in [1.54, 1.807) is 29.6 Å². The first-order chi connectivity index (χ1) is 22.1. The molecule has 240 valence electrons. The number of fused-ring (bicyclic) bond motifs is 1. The summed E-state index contributed by atoms with van der Waals surface area (Å²) < 4.78 is 27.9. The Bertz CT molecular complexity index is 1850. The van der Waals surface area contributed by atoms with Gasteiger partial charge in [-0.25, -0.2) is 13.9 Å². The van der Waals surface area contributed by atoms with Crippen molar-refractivity contribution in [3.05, 3.63) is 75.8 Å². The molecule has 7 rings (SSSR count). The van der Waals surface area contributed by atoms with Crippen molar-refractivity contribution in [3.8, 4) is 22.9 Å². The average molecular weight is 648 g/mol. The van der Waals surface area contributed by atoms with Crippen molar-refractivity contribution in [1.29, 1.82) is 0 Å². The largest absolute Gasteiger partial charge is 0.491 e. The van der Waals surface area contributed by atoms with E-state index in [-0.39, 0.29) is 59.7 Å². The summed E-state index contributed by atoms with van der Waals surface area (Å²) in [7, 11) is 0. The van der Waals surface area contributed by atoms with Crippen molar-refractivity contribution in [1.82, 2.24) is 19.9 Å². The lowest BCUT2D eigenvalue weighted by atomic mass is 9.90. The van der Waals surface area contributed by atoms with Gasteiger partial charge in [0.15, 0.2) is 0 Å². The average Bonchev–Trinajstić information content (AvgIpc) is 3.88. The van der Waals surface area contributed by atoms with Crippen LogP contribution >= 0.6 is 11.6 Å². The number of halogens is 2. The number of benzene rings is 1. The molecule has 0 bridgehead atoms. The number of nitrogens with one attached hydrogen (secondary N) is 1. The fourth-order valence-electron chi connectivity index (χ4n) is 5.83. The smallest absolute Gasteiger partial charge is 0.251 e. The minimum Gasteiger partial charge on any atom is -0.491 e. The van der Waals surface area contributed by atoms with Crippen molar-refractivity contribution in [3.63, 3.8) is 0 Å². The first-order valence-corrected chi connectivity index (χ1v) is 16.1. The molecule has 0 spiro atoms. The summed E-state index contributed by atoms with van der Waals surface area (Å²) in [6.07, 6.45) is 5.49. The predicted octanol–water partition coefficient (Wildman–Crippen LogP) is 5.06. The van der Waals surface area contributed by atoms with Gasteiger partial charge in [-0.05, 0) is 87.8 Å². The molecule has 46 heavy (non-hydrogen) atoms. The van der Waals surface area contributed by atoms with Crippen LogP contribution in [0.5, 0.6) is 11.6 Å². The van der Waals surface area contributed by atoms with Crippen molar-refractivity contribution in [2.45, 2.75) is 69.5 Å². The number of primary amides is 1. The van der Waals surface area contributed by atoms with Crippen molar-refractivity contribution >= 4 is 28.9 Å². The number of amides is 2. The highest BCUT2D eigenvalue weighted by Gasteiger charge is 2.47. The van der Waals surface area contributed by atoms with Gasteiger partial charge in [0.05, 0.1) is 41.5 Å². The Balaban J connectivity index is 1.23. The summed E-state index contributed by atoms with van der Waals surface area (Å²) in [4.78, 5) is 30.6. The van der Waals surface area contributed by atoms with Crippen LogP contribution in [0.1, 0.15) is 78.7 Å². The van der Waals surface area contributed by atoms with Crippen LogP contribution in [0.4, 0.5) is 4.39 Å². The number of carbonyl (C=O) groups is 2. The van der Waals surface area contributed by atoms with E-state index < -0.39 is 17.3 Å². The number of ether oxygens (including phenoxy) is 2. The Morgan fingerprint density at radius 2 is 1.91 bits per heavy atom. The molecule has 4 aromatic rings. The van der Waals surface area contributed by atoms with E-state index in [1.807, 2.05) is 6.07 Å². The van der Waals surface area contributed by atoms with Crippen LogP contribution in [0.2, 0.25) is 5.02 Å². The summed E-state index contributed by atoms with van der Waals surface area (Å²) in [5, 5.41) is 19.8. The first-order valence-electron chi connectivity index (χ1n) is 15.7. The van der Waals surface area contributed by atoms with E-state index in [9.17, 15) is 19.1 Å². The summed E-state index contributed by atoms with van der Waals surface area (Å²) in [6.45, 7) is 1.90. The third-order valence-corrected chi connectivity index (χ3v) is 9.02. The molecule has 3 heterocycles. The number of pyridine rings is 2. The number of nitrogens with zero attached hydrogens (tertiary/aromatic N) is 3. The van der Waals surface area contributed by atoms with Crippen LogP contribution < -0.4 is 20.5 Å². The predicted molar refractivity (Wildman–Crippen MR) is 168 cm³/mol. The van der Waals surface area contributed by atoms with E-state index in [2.05, 4.69) is 5.32 Å². The minimum atomic E-state index is -1.58. The monoisotopic (exact) mass is 647 g/mol. The van der Waals surface area contributed by atoms with Crippen LogP contribution in [0, 0.1) is 11.7 Å². The second kappa shape index (κ2) is 11.9. The maximum absolute atomic E-state index is 14.1. The van der Waals surface area contributed by atoms with Crippen LogP contribution in [-0.2, 0) is 16.8 Å². The number of aromatic nitrogens is 3. The molecule has 0 unspecified atom stereocenters. The summed E-state index contributed by atoms with van der Waals surface area (Å²) in [5.41, 5.74) is 7.54. The SMILES string of the molecule is CCOc1c(CC(N)=O)cc([C@@](O)(CNC(=O)c2cc(OC3CC3)n3nc(C4CC4)cc3c2)C2CC2)nc1-c1ccc(F)c(Cl)c1. The quantitative estimate of drug-likeness (QED) is 0.184. The van der Waals surface area contributed by atoms with Gasteiger partial charge in [0.2, 0.25) is 11.8 Å². The lowest BCUT2D eigenvalue weighted by Crippen LogP contribution is -2.43. The zero-order chi connectivity index (χ0) is 32.2. The number of carbonyl (C=O) groups excluding carboxylic acids is 2. The highest BCUT2D eigenvalue weighted by molar-refractivity contribution is 6.31. The van der Waals surface area contributed by atoms with Gasteiger partial charge in [-0.15, -0.1) is 0 Å². The van der Waals surface area contributed by atoms with Gasteiger partial charge in [0.1, 0.15) is 29.0 Å². The Morgan fingerprint density at radius 1 is 1.13 bits per heavy atom. The van der Waals surface area contributed by atoms with Crippen molar-refractivity contribution in [2.24, 2.45) is 11.7 Å². The zero-order valence-electron chi connectivity index (χ0n) is 25.4. The Morgan fingerprint density at radius 3 is 2.57 bits per heavy atom. The van der Waals surface area contributed by atoms with E-state index in [0.29, 0.717) is 28.5 Å². The van der Waals surface area contributed by atoms with Crippen LogP contribution in [0.15, 0.2) is 42.5 Å². The van der Waals surface area contributed by atoms with E-state index >= 15 is 0 Å². The van der Waals surface area contributed by atoms with Gasteiger partial charge < -0.3 is 25.6 Å². The number of aliphatic hydroxyl groups is 1. The summed E-state index contributed by atoms with van der Waals surface area (Å²) >= 11 is 6.12. The molecular formula is C34H35ClFN5O5. The van der Waals surface area contributed by atoms with E-state index in [1.165, 1.54) is 18.2 Å². The molecule has 3 saturated carbocycles. The number of nitrogens with two attached hydrogens (primary N) is 1. The van der Waals surface area contributed by atoms with Gasteiger partial charge in [0, 0.05) is 28.7 Å². The van der Waals surface area contributed by atoms with Crippen LogP contribution in [0.3, 0.4) is 0 Å². The fourth-order valence-corrected chi connectivity index (χ4v) is 6.01. The molecule has 0 saturated heterocycles. The molecule has 3 fully saturated rings. The van der Waals surface area contributed by atoms with E-state index in [4.69, 9.17) is 36.9 Å². The highest BCUT2D eigenvalue weighted by Crippen LogP contribution is 2.47. The van der Waals surface area contributed by atoms with Crippen LogP contribution in [0.25, 0.3) is 16.8 Å². The standard InChI is InChI=1S/C34H35ClFN5O5/c1-2-45-32-20(14-29(37)42)13-28(39-31(32)19-5-10-26(36)25(35)12-19)34(44,22-6-7-22)17-38-33(43)21-11-23-16-27(18-3-4-18)40-41(23)30(15-21)46-24-8-9-24/h5,10-13,15-16,18,22,24,44H,2-4,6-9,14,17H2,1H3,(H2,37,42)(H,38,43)/t34-/m1/s1. The molecule has 3 aliphatic carbocycles.